The van der Waals surface area contributed by atoms with E-state index in [4.69, 9.17) is 0 Å². The Morgan fingerprint density at radius 1 is 1.12 bits per heavy atom. The van der Waals surface area contributed by atoms with E-state index >= 15 is 0 Å². The molecule has 6 heteroatoms. The first-order valence-electron chi connectivity index (χ1n) is 12.1. The molecule has 6 nitrogen and oxygen atoms in total. The van der Waals surface area contributed by atoms with Crippen LogP contribution in [0.25, 0.3) is 0 Å². The number of aromatic amines is 1. The van der Waals surface area contributed by atoms with Crippen molar-refractivity contribution in [2.75, 3.05) is 0 Å². The monoisotopic (exact) mass is 449 g/mol. The number of aromatic nitrogens is 1. The zero-order chi connectivity index (χ0) is 23.8. The van der Waals surface area contributed by atoms with E-state index in [2.05, 4.69) is 29.5 Å². The highest BCUT2D eigenvalue weighted by Crippen LogP contribution is 2.37. The number of nitrogens with one attached hydrogen (secondary N) is 3. The summed E-state index contributed by atoms with van der Waals surface area (Å²) in [5, 5.41) is 6.03. The Labute approximate surface area is 195 Å². The number of rotatable bonds is 8. The van der Waals surface area contributed by atoms with Crippen molar-refractivity contribution in [3.63, 3.8) is 0 Å². The Bertz CT molecular complexity index is 1050. The topological polar surface area (TPSA) is 91.1 Å². The smallest absolute Gasteiger partial charge is 0.268 e. The van der Waals surface area contributed by atoms with Crippen molar-refractivity contribution >= 4 is 17.6 Å². The molecular formula is C27H35N3O3. The van der Waals surface area contributed by atoms with Gasteiger partial charge in [0.15, 0.2) is 5.78 Å². The molecule has 0 bridgehead atoms. The van der Waals surface area contributed by atoms with Crippen molar-refractivity contribution < 1.29 is 14.4 Å². The largest absolute Gasteiger partial charge is 0.354 e. The zero-order valence-electron chi connectivity index (χ0n) is 20.1. The Kier molecular flexibility index (Phi) is 6.46. The number of amides is 2. The summed E-state index contributed by atoms with van der Waals surface area (Å²) in [6, 6.07) is 9.03. The van der Waals surface area contributed by atoms with Gasteiger partial charge in [-0.15, -0.1) is 0 Å². The van der Waals surface area contributed by atoms with E-state index < -0.39 is 6.04 Å². The molecule has 2 aromatic rings. The molecule has 2 aliphatic rings. The third-order valence-corrected chi connectivity index (χ3v) is 6.97. The van der Waals surface area contributed by atoms with E-state index in [1.54, 1.807) is 0 Å². The van der Waals surface area contributed by atoms with Crippen molar-refractivity contribution in [3.05, 3.63) is 58.4 Å². The van der Waals surface area contributed by atoms with Gasteiger partial charge in [-0.3, -0.25) is 14.4 Å². The van der Waals surface area contributed by atoms with Crippen LogP contribution in [-0.4, -0.2) is 28.6 Å². The van der Waals surface area contributed by atoms with Gasteiger partial charge in [0, 0.05) is 17.7 Å². The number of benzene rings is 1. The summed E-state index contributed by atoms with van der Waals surface area (Å²) in [7, 11) is 0. The van der Waals surface area contributed by atoms with Gasteiger partial charge in [-0.1, -0.05) is 57.0 Å². The summed E-state index contributed by atoms with van der Waals surface area (Å²) < 4.78 is 0. The van der Waals surface area contributed by atoms with Gasteiger partial charge in [0.2, 0.25) is 5.91 Å². The third kappa shape index (κ3) is 5.37. The van der Waals surface area contributed by atoms with Crippen LogP contribution in [-0.2, 0) is 11.2 Å². The molecule has 1 saturated carbocycles. The van der Waals surface area contributed by atoms with E-state index in [1.165, 1.54) is 12.8 Å². The lowest BCUT2D eigenvalue weighted by Gasteiger charge is -2.28. The molecule has 2 atom stereocenters. The van der Waals surface area contributed by atoms with Gasteiger partial charge in [-0.25, -0.2) is 0 Å². The van der Waals surface area contributed by atoms with Crippen molar-refractivity contribution in [2.24, 2.45) is 11.3 Å². The summed E-state index contributed by atoms with van der Waals surface area (Å²) >= 11 is 0. The second-order valence-corrected chi connectivity index (χ2v) is 10.6. The van der Waals surface area contributed by atoms with Crippen molar-refractivity contribution in [3.8, 4) is 0 Å². The maximum Gasteiger partial charge on any atom is 0.268 e. The van der Waals surface area contributed by atoms with Crippen molar-refractivity contribution in [1.82, 2.24) is 15.6 Å². The van der Waals surface area contributed by atoms with Crippen LogP contribution < -0.4 is 10.6 Å². The van der Waals surface area contributed by atoms with Gasteiger partial charge in [0.05, 0.1) is 6.04 Å². The number of carbonyl (C=O) groups is 3. The maximum absolute atomic E-state index is 13.2. The second-order valence-electron chi connectivity index (χ2n) is 10.6. The minimum Gasteiger partial charge on any atom is -0.354 e. The minimum absolute atomic E-state index is 0.0776. The number of hydrogen-bond acceptors (Lipinski definition) is 3. The van der Waals surface area contributed by atoms with Gasteiger partial charge < -0.3 is 15.6 Å². The van der Waals surface area contributed by atoms with Crippen molar-refractivity contribution in [2.45, 2.75) is 78.3 Å². The molecule has 0 spiro atoms. The average Bonchev–Trinajstić information content (AvgIpc) is 3.52. The number of fused-ring (bicyclic) bond motifs is 1. The van der Waals surface area contributed by atoms with Gasteiger partial charge in [-0.2, -0.15) is 0 Å². The molecule has 2 unspecified atom stereocenters. The van der Waals surface area contributed by atoms with Crippen LogP contribution in [0.1, 0.15) is 96.6 Å². The molecule has 0 saturated heterocycles. The zero-order valence-corrected chi connectivity index (χ0v) is 20.1. The Morgan fingerprint density at radius 3 is 2.48 bits per heavy atom. The highest BCUT2D eigenvalue weighted by molar-refractivity contribution is 6.05. The predicted octanol–water partition coefficient (Wildman–Crippen LogP) is 4.64. The molecule has 2 aliphatic carbocycles. The lowest BCUT2D eigenvalue weighted by Crippen LogP contribution is -2.47. The van der Waals surface area contributed by atoms with Crippen LogP contribution in [0.4, 0.5) is 0 Å². The molecule has 3 N–H and O–H groups in total. The van der Waals surface area contributed by atoms with E-state index in [9.17, 15) is 14.4 Å². The quantitative estimate of drug-likeness (QED) is 0.548. The Morgan fingerprint density at radius 2 is 1.82 bits per heavy atom. The molecule has 33 heavy (non-hydrogen) atoms. The number of H-pyrrole nitrogens is 1. The van der Waals surface area contributed by atoms with E-state index in [1.807, 2.05) is 44.2 Å². The first kappa shape index (κ1) is 23.3. The molecule has 4 rings (SSSR count). The van der Waals surface area contributed by atoms with Gasteiger partial charge in [0.25, 0.3) is 5.91 Å². The predicted molar refractivity (Wildman–Crippen MR) is 128 cm³/mol. The minimum atomic E-state index is -0.615. The normalized spacial score (nSPS) is 18.8. The summed E-state index contributed by atoms with van der Waals surface area (Å²) in [6.45, 7) is 7.90. The van der Waals surface area contributed by atoms with Crippen LogP contribution in [0, 0.1) is 18.3 Å². The molecule has 176 valence electrons. The lowest BCUT2D eigenvalue weighted by molar-refractivity contribution is -0.123. The van der Waals surface area contributed by atoms with E-state index in [0.717, 1.165) is 24.1 Å². The first-order valence-corrected chi connectivity index (χ1v) is 12.1. The SMILES string of the molecule is Cc1c(C(=O)NC(CCC2CC2)C(=O)NC(C)c2ccccc2)[nH]c2c1C(=O)CC(C)(C)C2. The van der Waals surface area contributed by atoms with Gasteiger partial charge in [0.1, 0.15) is 11.7 Å². The van der Waals surface area contributed by atoms with Crippen LogP contribution >= 0.6 is 0 Å². The van der Waals surface area contributed by atoms with Crippen LogP contribution in [0.15, 0.2) is 30.3 Å². The molecule has 1 aromatic heterocycles. The highest BCUT2D eigenvalue weighted by Gasteiger charge is 2.36. The molecule has 2 amide bonds. The second kappa shape index (κ2) is 9.16. The number of Topliss-reactive ketones (excluding diaryl/α,β-unsaturated/α-hetero) is 1. The first-order chi connectivity index (χ1) is 15.6. The van der Waals surface area contributed by atoms with Crippen LogP contribution in [0.2, 0.25) is 0 Å². The molecule has 0 aliphatic heterocycles. The molecule has 1 heterocycles. The summed E-state index contributed by atoms with van der Waals surface area (Å²) in [4.78, 5) is 42.3. The third-order valence-electron chi connectivity index (χ3n) is 6.97. The molecule has 1 fully saturated rings. The van der Waals surface area contributed by atoms with E-state index in [-0.39, 0.29) is 29.1 Å². The summed E-state index contributed by atoms with van der Waals surface area (Å²) in [6.07, 6.45) is 5.12. The fourth-order valence-electron chi connectivity index (χ4n) is 4.91. The highest BCUT2D eigenvalue weighted by atomic mass is 16.2. The number of hydrogen-bond donors (Lipinski definition) is 3. The van der Waals surface area contributed by atoms with Crippen LogP contribution in [0.3, 0.4) is 0 Å². The fraction of sp³-hybridized carbons (Fsp3) is 0.519. The van der Waals surface area contributed by atoms with Gasteiger partial charge in [-0.05, 0) is 55.6 Å². The van der Waals surface area contributed by atoms with Gasteiger partial charge >= 0.3 is 0 Å². The Hall–Kier alpha value is -2.89. The average molecular weight is 450 g/mol. The fourth-order valence-corrected chi connectivity index (χ4v) is 4.91. The summed E-state index contributed by atoms with van der Waals surface area (Å²) in [5.74, 6) is 0.235. The maximum atomic E-state index is 13.2. The molecular weight excluding hydrogens is 414 g/mol. The molecule has 0 radical (unpaired) electrons. The van der Waals surface area contributed by atoms with Crippen LogP contribution in [0.5, 0.6) is 0 Å². The lowest BCUT2D eigenvalue weighted by atomic mass is 9.75. The standard InChI is InChI=1S/C27H35N3O3/c1-16-23-21(14-27(3,4)15-22(23)31)29-24(16)26(33)30-20(13-12-18-10-11-18)25(32)28-17(2)19-8-6-5-7-9-19/h5-9,17-18,20,29H,10-15H2,1-4H3,(H,28,32)(H,30,33). The Balaban J connectivity index is 1.50. The number of carbonyl (C=O) groups excluding carboxylic acids is 3. The summed E-state index contributed by atoms with van der Waals surface area (Å²) in [5.41, 5.74) is 3.45. The van der Waals surface area contributed by atoms with Crippen molar-refractivity contribution in [1.29, 1.82) is 0 Å². The van der Waals surface area contributed by atoms with E-state index in [0.29, 0.717) is 35.6 Å². The molecule has 1 aromatic carbocycles. The number of ketones is 1.